The summed E-state index contributed by atoms with van der Waals surface area (Å²) >= 11 is 5.83. The van der Waals surface area contributed by atoms with Gasteiger partial charge in [-0.2, -0.15) is 0 Å². The lowest BCUT2D eigenvalue weighted by Crippen LogP contribution is -2.38. The van der Waals surface area contributed by atoms with Gasteiger partial charge in [0.05, 0.1) is 18.2 Å². The molecule has 0 spiro atoms. The highest BCUT2D eigenvalue weighted by molar-refractivity contribution is 6.30. The fraction of sp³-hybridized carbons (Fsp3) is 0.188. The first-order valence-electron chi connectivity index (χ1n) is 6.90. The minimum absolute atomic E-state index is 0.159. The van der Waals surface area contributed by atoms with E-state index in [1.54, 1.807) is 36.7 Å². The number of imide groups is 1. The fourth-order valence-corrected chi connectivity index (χ4v) is 2.52. The number of halogens is 1. The third-order valence-corrected chi connectivity index (χ3v) is 3.79. The Labute approximate surface area is 132 Å². The van der Waals surface area contributed by atoms with Crippen LogP contribution in [0.1, 0.15) is 12.0 Å². The smallest absolute Gasteiger partial charge is 0.251 e. The number of hydrogen-bond donors (Lipinski definition) is 1. The maximum Gasteiger partial charge on any atom is 0.251 e. The molecule has 2 aromatic rings. The summed E-state index contributed by atoms with van der Waals surface area (Å²) in [7, 11) is 0. The molecule has 112 valence electrons. The molecule has 1 atom stereocenters. The van der Waals surface area contributed by atoms with E-state index in [4.69, 9.17) is 11.6 Å². The van der Waals surface area contributed by atoms with Gasteiger partial charge in [0.25, 0.3) is 5.91 Å². The fourth-order valence-electron chi connectivity index (χ4n) is 2.39. The first kappa shape index (κ1) is 14.7. The van der Waals surface area contributed by atoms with Gasteiger partial charge in [0.15, 0.2) is 0 Å². The van der Waals surface area contributed by atoms with Crippen LogP contribution < -0.4 is 10.2 Å². The van der Waals surface area contributed by atoms with E-state index in [2.05, 4.69) is 10.3 Å². The Kier molecular flexibility index (Phi) is 4.18. The highest BCUT2D eigenvalue weighted by Gasteiger charge is 2.39. The van der Waals surface area contributed by atoms with Crippen LogP contribution >= 0.6 is 11.6 Å². The zero-order valence-electron chi connectivity index (χ0n) is 11.7. The third-order valence-electron chi connectivity index (χ3n) is 3.53. The van der Waals surface area contributed by atoms with E-state index in [-0.39, 0.29) is 18.2 Å². The predicted molar refractivity (Wildman–Crippen MR) is 83.4 cm³/mol. The molecule has 22 heavy (non-hydrogen) atoms. The first-order chi connectivity index (χ1) is 10.6. The molecule has 1 aliphatic heterocycles. The van der Waals surface area contributed by atoms with Gasteiger partial charge in [0, 0.05) is 24.0 Å². The van der Waals surface area contributed by atoms with Gasteiger partial charge in [-0.05, 0) is 42.0 Å². The lowest BCUT2D eigenvalue weighted by Gasteiger charge is -2.15. The van der Waals surface area contributed by atoms with Crippen molar-refractivity contribution < 1.29 is 9.59 Å². The Hall–Kier alpha value is -2.24. The number of anilines is 1. The Morgan fingerprint density at radius 3 is 2.50 bits per heavy atom. The monoisotopic (exact) mass is 315 g/mol. The zero-order chi connectivity index (χ0) is 15.5. The van der Waals surface area contributed by atoms with Crippen molar-refractivity contribution >= 4 is 29.1 Å². The van der Waals surface area contributed by atoms with E-state index in [0.29, 0.717) is 17.3 Å². The number of carbonyl (C=O) groups is 2. The first-order valence-corrected chi connectivity index (χ1v) is 7.27. The summed E-state index contributed by atoms with van der Waals surface area (Å²) in [4.78, 5) is 29.7. The second-order valence-electron chi connectivity index (χ2n) is 5.04. The van der Waals surface area contributed by atoms with Crippen LogP contribution in [0.4, 0.5) is 5.69 Å². The third kappa shape index (κ3) is 3.00. The summed E-state index contributed by atoms with van der Waals surface area (Å²) in [6.07, 6.45) is 3.55. The van der Waals surface area contributed by atoms with Crippen molar-refractivity contribution in [2.45, 2.75) is 19.0 Å². The number of benzene rings is 1. The molecule has 1 aromatic heterocycles. The average molecular weight is 316 g/mol. The van der Waals surface area contributed by atoms with Gasteiger partial charge in [0.2, 0.25) is 5.91 Å². The number of carbonyl (C=O) groups excluding carboxylic acids is 2. The number of nitrogens with one attached hydrogen (secondary N) is 1. The molecular formula is C16H14ClN3O2. The molecule has 0 bridgehead atoms. The van der Waals surface area contributed by atoms with E-state index in [9.17, 15) is 9.59 Å². The molecule has 2 heterocycles. The lowest BCUT2D eigenvalue weighted by molar-refractivity contribution is -0.121. The minimum atomic E-state index is -0.503. The minimum Gasteiger partial charge on any atom is -0.301 e. The second-order valence-corrected chi connectivity index (χ2v) is 5.47. The van der Waals surface area contributed by atoms with Crippen molar-refractivity contribution in [3.8, 4) is 0 Å². The van der Waals surface area contributed by atoms with Gasteiger partial charge in [0.1, 0.15) is 0 Å². The lowest BCUT2D eigenvalue weighted by atomic mass is 10.2. The van der Waals surface area contributed by atoms with Crippen molar-refractivity contribution in [2.75, 3.05) is 4.90 Å². The Bertz CT molecular complexity index is 688. The molecule has 1 saturated heterocycles. The predicted octanol–water partition coefficient (Wildman–Crippen LogP) is 2.16. The summed E-state index contributed by atoms with van der Waals surface area (Å²) in [5.74, 6) is -0.444. The number of amides is 2. The Morgan fingerprint density at radius 1 is 1.14 bits per heavy atom. The van der Waals surface area contributed by atoms with E-state index >= 15 is 0 Å². The van der Waals surface area contributed by atoms with E-state index in [0.717, 1.165) is 5.56 Å². The standard InChI is InChI=1S/C16H14ClN3O2/c17-12-1-3-13(4-2-12)20-15(21)9-14(16(20)22)19-10-11-5-7-18-8-6-11/h1-8,14,19H,9-10H2/t14-/m1/s1. The molecule has 5 nitrogen and oxygen atoms in total. The normalized spacial score (nSPS) is 18.0. The summed E-state index contributed by atoms with van der Waals surface area (Å²) in [5.41, 5.74) is 1.56. The largest absolute Gasteiger partial charge is 0.301 e. The molecule has 2 amide bonds. The zero-order valence-corrected chi connectivity index (χ0v) is 12.5. The van der Waals surface area contributed by atoms with Gasteiger partial charge < -0.3 is 5.32 Å². The molecule has 1 aromatic carbocycles. The second kappa shape index (κ2) is 6.25. The van der Waals surface area contributed by atoms with Crippen molar-refractivity contribution in [2.24, 2.45) is 0 Å². The van der Waals surface area contributed by atoms with Gasteiger partial charge >= 0.3 is 0 Å². The van der Waals surface area contributed by atoms with Crippen LogP contribution in [-0.2, 0) is 16.1 Å². The quantitative estimate of drug-likeness (QED) is 0.878. The Balaban J connectivity index is 1.70. The van der Waals surface area contributed by atoms with E-state index < -0.39 is 6.04 Å². The van der Waals surface area contributed by atoms with Gasteiger partial charge in [-0.1, -0.05) is 11.6 Å². The number of nitrogens with zero attached hydrogens (tertiary/aromatic N) is 2. The van der Waals surface area contributed by atoms with Crippen LogP contribution in [0.15, 0.2) is 48.8 Å². The maximum absolute atomic E-state index is 12.4. The van der Waals surface area contributed by atoms with Crippen LogP contribution in [-0.4, -0.2) is 22.8 Å². The highest BCUT2D eigenvalue weighted by Crippen LogP contribution is 2.24. The summed E-state index contributed by atoms with van der Waals surface area (Å²) in [6, 6.07) is 9.89. The topological polar surface area (TPSA) is 62.3 Å². The summed E-state index contributed by atoms with van der Waals surface area (Å²) in [5, 5.41) is 3.69. The molecule has 0 unspecified atom stereocenters. The number of aromatic nitrogens is 1. The van der Waals surface area contributed by atoms with Crippen molar-refractivity contribution in [3.05, 3.63) is 59.4 Å². The number of pyridine rings is 1. The number of hydrogen-bond acceptors (Lipinski definition) is 4. The maximum atomic E-state index is 12.4. The highest BCUT2D eigenvalue weighted by atomic mass is 35.5. The molecule has 1 aliphatic rings. The molecule has 1 fully saturated rings. The van der Waals surface area contributed by atoms with Crippen LogP contribution in [0, 0.1) is 0 Å². The molecule has 0 aliphatic carbocycles. The van der Waals surface area contributed by atoms with Crippen LogP contribution in [0.3, 0.4) is 0 Å². The molecular weight excluding hydrogens is 302 g/mol. The van der Waals surface area contributed by atoms with Crippen LogP contribution in [0.25, 0.3) is 0 Å². The van der Waals surface area contributed by atoms with Crippen molar-refractivity contribution in [1.82, 2.24) is 10.3 Å². The van der Waals surface area contributed by atoms with Crippen molar-refractivity contribution in [3.63, 3.8) is 0 Å². The summed E-state index contributed by atoms with van der Waals surface area (Å²) < 4.78 is 0. The van der Waals surface area contributed by atoms with Crippen LogP contribution in [0.5, 0.6) is 0 Å². The average Bonchev–Trinajstić information content (AvgIpc) is 2.82. The molecule has 1 N–H and O–H groups in total. The Morgan fingerprint density at radius 2 is 1.82 bits per heavy atom. The molecule has 0 radical (unpaired) electrons. The molecule has 3 rings (SSSR count). The van der Waals surface area contributed by atoms with E-state index in [1.807, 2.05) is 12.1 Å². The van der Waals surface area contributed by atoms with Gasteiger partial charge in [-0.25, -0.2) is 4.90 Å². The number of rotatable bonds is 4. The van der Waals surface area contributed by atoms with Gasteiger partial charge in [-0.3, -0.25) is 14.6 Å². The molecule has 6 heteroatoms. The van der Waals surface area contributed by atoms with Crippen molar-refractivity contribution in [1.29, 1.82) is 0 Å². The van der Waals surface area contributed by atoms with E-state index in [1.165, 1.54) is 4.90 Å². The van der Waals surface area contributed by atoms with Gasteiger partial charge in [-0.15, -0.1) is 0 Å². The van der Waals surface area contributed by atoms with Crippen LogP contribution in [0.2, 0.25) is 5.02 Å². The molecule has 0 saturated carbocycles. The SMILES string of the molecule is O=C1C[C@@H](NCc2ccncc2)C(=O)N1c1ccc(Cl)cc1. The summed E-state index contributed by atoms with van der Waals surface area (Å²) in [6.45, 7) is 0.515.